The molecule has 2 aromatic heterocycles. The number of ketones is 1. The second-order valence-electron chi connectivity index (χ2n) is 6.56. The van der Waals surface area contributed by atoms with Crippen molar-refractivity contribution in [2.75, 3.05) is 12.4 Å². The highest BCUT2D eigenvalue weighted by atomic mass is 32.2. The van der Waals surface area contributed by atoms with E-state index in [2.05, 4.69) is 33.6 Å². The van der Waals surface area contributed by atoms with Crippen LogP contribution in [-0.2, 0) is 17.7 Å². The molecule has 1 saturated heterocycles. The molecule has 0 radical (unpaired) electrons. The number of hydrogen-bond acceptors (Lipinski definition) is 5. The van der Waals surface area contributed by atoms with Gasteiger partial charge in [0, 0.05) is 36.5 Å². The van der Waals surface area contributed by atoms with Gasteiger partial charge in [0.15, 0.2) is 5.78 Å². The van der Waals surface area contributed by atoms with Crippen molar-refractivity contribution in [2.24, 2.45) is 0 Å². The SMILES string of the molecule is CCCc1nc(SCC(=O)c2cc(C)n(C[C@H]3CCCO3)c2C)n[nH]1. The molecule has 1 fully saturated rings. The lowest BCUT2D eigenvalue weighted by molar-refractivity contribution is 0.0957. The van der Waals surface area contributed by atoms with Crippen molar-refractivity contribution >= 4 is 17.5 Å². The van der Waals surface area contributed by atoms with Crippen molar-refractivity contribution in [3.05, 3.63) is 28.8 Å². The fourth-order valence-electron chi connectivity index (χ4n) is 3.26. The zero-order valence-electron chi connectivity index (χ0n) is 15.2. The summed E-state index contributed by atoms with van der Waals surface area (Å²) in [4.78, 5) is 17.0. The molecule has 0 unspecified atom stereocenters. The van der Waals surface area contributed by atoms with E-state index in [4.69, 9.17) is 4.74 Å². The molecule has 0 amide bonds. The predicted octanol–water partition coefficient (Wildman–Crippen LogP) is 3.33. The Balaban J connectivity index is 1.63. The van der Waals surface area contributed by atoms with E-state index in [0.717, 1.165) is 61.6 Å². The van der Waals surface area contributed by atoms with Gasteiger partial charge in [0.25, 0.3) is 0 Å². The van der Waals surface area contributed by atoms with Gasteiger partial charge in [0.1, 0.15) is 5.82 Å². The van der Waals surface area contributed by atoms with E-state index >= 15 is 0 Å². The Morgan fingerprint density at radius 1 is 1.48 bits per heavy atom. The van der Waals surface area contributed by atoms with Gasteiger partial charge in [-0.05, 0) is 39.2 Å². The third-order valence-electron chi connectivity index (χ3n) is 4.61. The number of H-pyrrole nitrogens is 1. The first kappa shape index (κ1) is 18.2. The summed E-state index contributed by atoms with van der Waals surface area (Å²) in [5.74, 6) is 1.36. The molecule has 1 aliphatic heterocycles. The molecule has 0 aromatic carbocycles. The van der Waals surface area contributed by atoms with Crippen LogP contribution < -0.4 is 0 Å². The van der Waals surface area contributed by atoms with Crippen LogP contribution in [0.2, 0.25) is 0 Å². The Labute approximate surface area is 152 Å². The first-order valence-corrected chi connectivity index (χ1v) is 9.92. The summed E-state index contributed by atoms with van der Waals surface area (Å²) in [6.45, 7) is 7.86. The van der Waals surface area contributed by atoms with Gasteiger partial charge in [-0.25, -0.2) is 4.98 Å². The third-order valence-corrected chi connectivity index (χ3v) is 5.46. The molecule has 0 bridgehead atoms. The zero-order chi connectivity index (χ0) is 17.8. The normalized spacial score (nSPS) is 17.3. The Morgan fingerprint density at radius 3 is 3.04 bits per heavy atom. The molecule has 7 heteroatoms. The standard InChI is InChI=1S/C18H26N4O2S/c1-4-6-17-19-18(21-20-17)25-11-16(23)15-9-12(2)22(13(15)3)10-14-7-5-8-24-14/h9,14H,4-8,10-11H2,1-3H3,(H,19,20,21)/t14-/m1/s1. The lowest BCUT2D eigenvalue weighted by atomic mass is 10.2. The fourth-order valence-corrected chi connectivity index (χ4v) is 3.96. The lowest BCUT2D eigenvalue weighted by Crippen LogP contribution is -2.17. The number of ether oxygens (including phenoxy) is 1. The van der Waals surface area contributed by atoms with Crippen LogP contribution in [-0.4, -0.2) is 44.0 Å². The minimum Gasteiger partial charge on any atom is -0.376 e. The lowest BCUT2D eigenvalue weighted by Gasteiger charge is -2.14. The number of aromatic nitrogens is 4. The van der Waals surface area contributed by atoms with Gasteiger partial charge in [-0.1, -0.05) is 18.7 Å². The highest BCUT2D eigenvalue weighted by molar-refractivity contribution is 7.99. The molecule has 2 aromatic rings. The Hall–Kier alpha value is -1.60. The fraction of sp³-hybridized carbons (Fsp3) is 0.611. The molecular formula is C18H26N4O2S. The smallest absolute Gasteiger partial charge is 0.208 e. The summed E-state index contributed by atoms with van der Waals surface area (Å²) in [7, 11) is 0. The summed E-state index contributed by atoms with van der Waals surface area (Å²) >= 11 is 1.39. The van der Waals surface area contributed by atoms with Crippen LogP contribution >= 0.6 is 11.8 Å². The molecule has 3 rings (SSSR count). The van der Waals surface area contributed by atoms with Gasteiger partial charge in [-0.2, -0.15) is 0 Å². The number of aromatic amines is 1. The number of carbonyl (C=O) groups excluding carboxylic acids is 1. The number of aryl methyl sites for hydroxylation is 2. The maximum atomic E-state index is 12.6. The van der Waals surface area contributed by atoms with Crippen LogP contribution in [0.25, 0.3) is 0 Å². The van der Waals surface area contributed by atoms with E-state index in [1.807, 2.05) is 13.0 Å². The molecule has 1 N–H and O–H groups in total. The van der Waals surface area contributed by atoms with E-state index in [0.29, 0.717) is 10.9 Å². The van der Waals surface area contributed by atoms with E-state index in [9.17, 15) is 4.79 Å². The number of nitrogens with one attached hydrogen (secondary N) is 1. The zero-order valence-corrected chi connectivity index (χ0v) is 16.0. The second kappa shape index (κ2) is 8.19. The molecule has 136 valence electrons. The summed E-state index contributed by atoms with van der Waals surface area (Å²) in [6.07, 6.45) is 4.40. The molecule has 0 aliphatic carbocycles. The Morgan fingerprint density at radius 2 is 2.32 bits per heavy atom. The predicted molar refractivity (Wildman–Crippen MR) is 98.3 cm³/mol. The summed E-state index contributed by atoms with van der Waals surface area (Å²) in [5.41, 5.74) is 2.94. The summed E-state index contributed by atoms with van der Waals surface area (Å²) in [6, 6.07) is 1.99. The van der Waals surface area contributed by atoms with E-state index in [1.165, 1.54) is 11.8 Å². The molecule has 6 nitrogen and oxygen atoms in total. The highest BCUT2D eigenvalue weighted by Gasteiger charge is 2.21. The van der Waals surface area contributed by atoms with Crippen molar-refractivity contribution in [3.8, 4) is 0 Å². The number of nitrogens with zero attached hydrogens (tertiary/aromatic N) is 3. The van der Waals surface area contributed by atoms with Crippen molar-refractivity contribution in [1.82, 2.24) is 19.7 Å². The number of hydrogen-bond donors (Lipinski definition) is 1. The van der Waals surface area contributed by atoms with Gasteiger partial charge < -0.3 is 9.30 Å². The van der Waals surface area contributed by atoms with E-state index in [-0.39, 0.29) is 11.9 Å². The average molecular weight is 362 g/mol. The number of carbonyl (C=O) groups is 1. The molecule has 3 heterocycles. The van der Waals surface area contributed by atoms with Crippen molar-refractivity contribution < 1.29 is 9.53 Å². The van der Waals surface area contributed by atoms with Crippen molar-refractivity contribution in [1.29, 1.82) is 0 Å². The molecule has 0 saturated carbocycles. The van der Waals surface area contributed by atoms with Crippen LogP contribution in [0.5, 0.6) is 0 Å². The average Bonchev–Trinajstić information content (AvgIpc) is 3.31. The topological polar surface area (TPSA) is 72.8 Å². The van der Waals surface area contributed by atoms with E-state index < -0.39 is 0 Å². The first-order valence-electron chi connectivity index (χ1n) is 8.94. The maximum absolute atomic E-state index is 12.6. The largest absolute Gasteiger partial charge is 0.376 e. The van der Waals surface area contributed by atoms with Crippen LogP contribution in [0.15, 0.2) is 11.2 Å². The Kier molecular flexibility index (Phi) is 5.96. The van der Waals surface area contributed by atoms with Gasteiger partial charge in [-0.15, -0.1) is 5.10 Å². The highest BCUT2D eigenvalue weighted by Crippen LogP contribution is 2.22. The monoisotopic (exact) mass is 362 g/mol. The molecular weight excluding hydrogens is 336 g/mol. The molecule has 1 aliphatic rings. The first-order chi connectivity index (χ1) is 12.1. The number of Topliss-reactive ketones (excluding diaryl/α,β-unsaturated/α-hetero) is 1. The molecule has 25 heavy (non-hydrogen) atoms. The number of thioether (sulfide) groups is 1. The van der Waals surface area contributed by atoms with Gasteiger partial charge in [0.2, 0.25) is 5.16 Å². The quantitative estimate of drug-likeness (QED) is 0.576. The van der Waals surface area contributed by atoms with Gasteiger partial charge >= 0.3 is 0 Å². The van der Waals surface area contributed by atoms with Gasteiger partial charge in [-0.3, -0.25) is 9.89 Å². The Bertz CT molecular complexity index is 732. The number of rotatable bonds is 8. The summed E-state index contributed by atoms with van der Waals surface area (Å²) in [5, 5.41) is 7.73. The minimum atomic E-state index is 0.124. The third kappa shape index (κ3) is 4.33. The van der Waals surface area contributed by atoms with Crippen LogP contribution in [0.4, 0.5) is 0 Å². The maximum Gasteiger partial charge on any atom is 0.208 e. The van der Waals surface area contributed by atoms with Crippen LogP contribution in [0, 0.1) is 13.8 Å². The molecule has 1 atom stereocenters. The van der Waals surface area contributed by atoms with Gasteiger partial charge in [0.05, 0.1) is 11.9 Å². The van der Waals surface area contributed by atoms with E-state index in [1.54, 1.807) is 0 Å². The van der Waals surface area contributed by atoms with Crippen molar-refractivity contribution in [2.45, 2.75) is 64.3 Å². The summed E-state index contributed by atoms with van der Waals surface area (Å²) < 4.78 is 7.94. The second-order valence-corrected chi connectivity index (χ2v) is 7.50. The van der Waals surface area contributed by atoms with Crippen LogP contribution in [0.3, 0.4) is 0 Å². The van der Waals surface area contributed by atoms with Crippen LogP contribution in [0.1, 0.15) is 53.8 Å². The molecule has 0 spiro atoms. The minimum absolute atomic E-state index is 0.124. The van der Waals surface area contributed by atoms with Crippen molar-refractivity contribution in [3.63, 3.8) is 0 Å².